The molecule has 3 N–H and O–H groups in total. The molecule has 0 aliphatic heterocycles. The second-order valence-electron chi connectivity index (χ2n) is 6.15. The summed E-state index contributed by atoms with van der Waals surface area (Å²) in [4.78, 5) is 15.2. The summed E-state index contributed by atoms with van der Waals surface area (Å²) in [5.74, 6) is -0.636. The Morgan fingerprint density at radius 3 is 2.55 bits per heavy atom. The highest BCUT2D eigenvalue weighted by Crippen LogP contribution is 2.36. The number of primary amides is 1. The first kappa shape index (κ1) is 20.4. The van der Waals surface area contributed by atoms with Crippen LogP contribution in [0.3, 0.4) is 0 Å². The zero-order valence-corrected chi connectivity index (χ0v) is 15.8. The molecule has 1 aromatic carbocycles. The van der Waals surface area contributed by atoms with Crippen LogP contribution in [0.25, 0.3) is 16.8 Å². The second kappa shape index (κ2) is 7.59. The van der Waals surface area contributed by atoms with Gasteiger partial charge >= 0.3 is 6.18 Å². The monoisotopic (exact) mass is 421 g/mol. The topological polar surface area (TPSA) is 85.8 Å². The highest BCUT2D eigenvalue weighted by atomic mass is 35.5. The molecule has 0 bridgehead atoms. The first-order chi connectivity index (χ1) is 13.6. The molecule has 6 nitrogen and oxygen atoms in total. The van der Waals surface area contributed by atoms with E-state index in [1.807, 2.05) is 0 Å². The maximum absolute atomic E-state index is 12.8. The molecule has 0 unspecified atom stereocenters. The summed E-state index contributed by atoms with van der Waals surface area (Å²) in [6.45, 7) is 3.66. The lowest BCUT2D eigenvalue weighted by Crippen LogP contribution is -2.12. The fraction of sp³-hybridized carbons (Fsp3) is 0.105. The van der Waals surface area contributed by atoms with E-state index in [-0.39, 0.29) is 16.4 Å². The van der Waals surface area contributed by atoms with Crippen molar-refractivity contribution in [3.05, 3.63) is 65.5 Å². The van der Waals surface area contributed by atoms with Crippen LogP contribution in [0.4, 0.5) is 24.7 Å². The lowest BCUT2D eigenvalue weighted by molar-refractivity contribution is -0.137. The Bertz CT molecular complexity index is 1110. The van der Waals surface area contributed by atoms with Gasteiger partial charge in [-0.25, -0.2) is 4.98 Å². The Hall–Kier alpha value is -3.33. The Morgan fingerprint density at radius 2 is 2.00 bits per heavy atom. The van der Waals surface area contributed by atoms with E-state index >= 15 is 0 Å². The Balaban J connectivity index is 2.05. The van der Waals surface area contributed by atoms with Crippen molar-refractivity contribution in [3.8, 4) is 11.3 Å². The molecule has 3 aromatic rings. The minimum absolute atomic E-state index is 0.0401. The number of aromatic nitrogens is 3. The van der Waals surface area contributed by atoms with Crippen LogP contribution in [0.5, 0.6) is 0 Å². The summed E-state index contributed by atoms with van der Waals surface area (Å²) in [5.41, 5.74) is 6.52. The van der Waals surface area contributed by atoms with Crippen molar-refractivity contribution < 1.29 is 18.0 Å². The van der Waals surface area contributed by atoms with E-state index in [0.717, 1.165) is 6.07 Å². The van der Waals surface area contributed by atoms with Crippen molar-refractivity contribution in [1.29, 1.82) is 0 Å². The minimum atomic E-state index is -4.55. The number of carbonyl (C=O) groups excluding carboxylic acids is 1. The molecule has 0 fully saturated rings. The third-order valence-corrected chi connectivity index (χ3v) is 4.36. The number of nitrogens with one attached hydrogen (secondary N) is 1. The number of anilines is 2. The Labute approximate surface area is 168 Å². The molecule has 0 spiro atoms. The van der Waals surface area contributed by atoms with Gasteiger partial charge in [0.25, 0.3) is 0 Å². The fourth-order valence-corrected chi connectivity index (χ4v) is 2.78. The first-order valence-electron chi connectivity index (χ1n) is 8.19. The van der Waals surface area contributed by atoms with Gasteiger partial charge in [0, 0.05) is 36.3 Å². The zero-order valence-electron chi connectivity index (χ0n) is 15.1. The van der Waals surface area contributed by atoms with Crippen molar-refractivity contribution in [1.82, 2.24) is 14.8 Å². The fourth-order valence-electron chi connectivity index (χ4n) is 2.57. The van der Waals surface area contributed by atoms with E-state index in [0.29, 0.717) is 28.7 Å². The van der Waals surface area contributed by atoms with Gasteiger partial charge in [-0.3, -0.25) is 9.48 Å². The van der Waals surface area contributed by atoms with Gasteiger partial charge in [0.2, 0.25) is 5.91 Å². The van der Waals surface area contributed by atoms with Crippen molar-refractivity contribution in [3.63, 3.8) is 0 Å². The van der Waals surface area contributed by atoms with Crippen LogP contribution in [0.15, 0.2) is 49.3 Å². The lowest BCUT2D eigenvalue weighted by atomic mass is 10.0. The predicted molar refractivity (Wildman–Crippen MR) is 104 cm³/mol. The maximum atomic E-state index is 12.8. The first-order valence-corrected chi connectivity index (χ1v) is 8.57. The number of hydrogen-bond donors (Lipinski definition) is 2. The molecule has 150 valence electrons. The molecule has 2 aromatic heterocycles. The Kier molecular flexibility index (Phi) is 5.34. The highest BCUT2D eigenvalue weighted by Gasteiger charge is 2.31. The van der Waals surface area contributed by atoms with Crippen molar-refractivity contribution in [2.45, 2.75) is 6.18 Å². The number of nitrogens with zero attached hydrogens (tertiary/aromatic N) is 3. The average Bonchev–Trinajstić information content (AvgIpc) is 3.08. The summed E-state index contributed by atoms with van der Waals surface area (Å²) in [6.07, 6.45) is -2.14. The second-order valence-corrected chi connectivity index (χ2v) is 6.56. The predicted octanol–water partition coefficient (Wildman–Crippen LogP) is 4.40. The molecule has 0 aliphatic rings. The normalized spacial score (nSPS) is 11.3. The van der Waals surface area contributed by atoms with Gasteiger partial charge in [0.05, 0.1) is 16.3 Å². The van der Waals surface area contributed by atoms with Crippen LogP contribution in [-0.2, 0) is 18.0 Å². The van der Waals surface area contributed by atoms with E-state index in [2.05, 4.69) is 22.0 Å². The highest BCUT2D eigenvalue weighted by molar-refractivity contribution is 6.33. The third kappa shape index (κ3) is 4.40. The summed E-state index contributed by atoms with van der Waals surface area (Å²) < 4.78 is 40.1. The molecule has 29 heavy (non-hydrogen) atoms. The van der Waals surface area contributed by atoms with Gasteiger partial charge < -0.3 is 11.1 Å². The lowest BCUT2D eigenvalue weighted by Gasteiger charge is -2.14. The van der Waals surface area contributed by atoms with E-state index in [4.69, 9.17) is 17.3 Å². The van der Waals surface area contributed by atoms with Crippen molar-refractivity contribution >= 4 is 34.6 Å². The molecule has 10 heteroatoms. The molecule has 0 radical (unpaired) electrons. The van der Waals surface area contributed by atoms with Gasteiger partial charge in [-0.05, 0) is 29.8 Å². The average molecular weight is 422 g/mol. The Morgan fingerprint density at radius 1 is 1.28 bits per heavy atom. The molecule has 0 atom stereocenters. The van der Waals surface area contributed by atoms with Gasteiger partial charge in [0.15, 0.2) is 0 Å². The molecular weight excluding hydrogens is 407 g/mol. The summed E-state index contributed by atoms with van der Waals surface area (Å²) in [6, 6.07) is 7.39. The van der Waals surface area contributed by atoms with Gasteiger partial charge in [-0.1, -0.05) is 24.2 Å². The number of pyridine rings is 1. The number of benzene rings is 1. The largest absolute Gasteiger partial charge is 0.417 e. The number of carbonyl (C=O) groups is 1. The van der Waals surface area contributed by atoms with E-state index in [1.165, 1.54) is 0 Å². The van der Waals surface area contributed by atoms with Crippen LogP contribution < -0.4 is 11.1 Å². The SMILES string of the molecule is C=C(C(N)=O)c1ccc(Nc2ncc(C(F)(F)F)cc2Cl)c(-c2ccn(C)n2)c1. The number of hydrogen-bond acceptors (Lipinski definition) is 4. The number of amides is 1. The number of nitrogens with two attached hydrogens (primary N) is 1. The van der Waals surface area contributed by atoms with E-state index in [1.54, 1.807) is 42.2 Å². The van der Waals surface area contributed by atoms with E-state index in [9.17, 15) is 18.0 Å². The number of aryl methyl sites for hydroxylation is 1. The van der Waals surface area contributed by atoms with Crippen LogP contribution in [-0.4, -0.2) is 20.7 Å². The van der Waals surface area contributed by atoms with Crippen LogP contribution in [0.1, 0.15) is 11.1 Å². The number of alkyl halides is 3. The molecular formula is C19H15ClF3N5O. The summed E-state index contributed by atoms with van der Waals surface area (Å²) in [7, 11) is 1.73. The van der Waals surface area contributed by atoms with Crippen LogP contribution in [0.2, 0.25) is 5.02 Å². The molecule has 0 aliphatic carbocycles. The summed E-state index contributed by atoms with van der Waals surface area (Å²) in [5, 5.41) is 7.05. The van der Waals surface area contributed by atoms with Crippen molar-refractivity contribution in [2.24, 2.45) is 12.8 Å². The van der Waals surface area contributed by atoms with Crippen LogP contribution in [0, 0.1) is 0 Å². The molecule has 0 saturated carbocycles. The maximum Gasteiger partial charge on any atom is 0.417 e. The van der Waals surface area contributed by atoms with Gasteiger partial charge in [-0.2, -0.15) is 18.3 Å². The molecule has 3 rings (SSSR count). The molecule has 1 amide bonds. The van der Waals surface area contributed by atoms with Crippen LogP contribution >= 0.6 is 11.6 Å². The third-order valence-electron chi connectivity index (χ3n) is 4.08. The quantitative estimate of drug-likeness (QED) is 0.598. The minimum Gasteiger partial charge on any atom is -0.366 e. The molecule has 2 heterocycles. The smallest absolute Gasteiger partial charge is 0.366 e. The van der Waals surface area contributed by atoms with Gasteiger partial charge in [0.1, 0.15) is 5.82 Å². The number of halogens is 4. The van der Waals surface area contributed by atoms with Crippen molar-refractivity contribution in [2.75, 3.05) is 5.32 Å². The van der Waals surface area contributed by atoms with E-state index < -0.39 is 17.6 Å². The number of rotatable bonds is 5. The molecule has 0 saturated heterocycles. The zero-order chi connectivity index (χ0) is 21.3. The standard InChI is InChI=1S/C19H15ClF3N5O/c1-10(17(24)29)11-3-4-15(13(7-11)16-5-6-28(2)27-16)26-18-14(20)8-12(9-25-18)19(21,22)23/h3-9H,1H2,2H3,(H2,24,29)(H,25,26). The summed E-state index contributed by atoms with van der Waals surface area (Å²) >= 11 is 5.99. The van der Waals surface area contributed by atoms with Gasteiger partial charge in [-0.15, -0.1) is 0 Å².